The van der Waals surface area contributed by atoms with Gasteiger partial charge in [0, 0.05) is 18.5 Å². The third-order valence-electron chi connectivity index (χ3n) is 5.59. The monoisotopic (exact) mass is 354 g/mol. The third kappa shape index (κ3) is 4.73. The van der Waals surface area contributed by atoms with Crippen molar-refractivity contribution in [1.82, 2.24) is 9.80 Å². The van der Waals surface area contributed by atoms with Gasteiger partial charge in [-0.1, -0.05) is 20.8 Å². The number of aliphatic hydroxyl groups excluding tert-OH is 1. The Kier molecular flexibility index (Phi) is 6.86. The first kappa shape index (κ1) is 20.2. The molecule has 1 amide bonds. The normalized spacial score (nSPS) is 26.3. The van der Waals surface area contributed by atoms with Crippen LogP contribution in [-0.4, -0.2) is 71.7 Å². The molecule has 0 aromatic carbocycles. The largest absolute Gasteiger partial charge is 0.467 e. The van der Waals surface area contributed by atoms with Crippen LogP contribution < -0.4 is 0 Å². The highest BCUT2D eigenvalue weighted by Gasteiger charge is 2.45. The maximum atomic E-state index is 12.5. The summed E-state index contributed by atoms with van der Waals surface area (Å²) in [5.41, 5.74) is -0.359. The number of esters is 1. The maximum Gasteiger partial charge on any atom is 0.329 e. The fourth-order valence-corrected chi connectivity index (χ4v) is 4.32. The average Bonchev–Trinajstić information content (AvgIpc) is 3.14. The molecule has 0 radical (unpaired) electrons. The molecular weight excluding hydrogens is 320 g/mol. The van der Waals surface area contributed by atoms with E-state index in [1.54, 1.807) is 4.90 Å². The van der Waals surface area contributed by atoms with Gasteiger partial charge in [-0.3, -0.25) is 9.69 Å². The van der Waals surface area contributed by atoms with Gasteiger partial charge in [-0.25, -0.2) is 4.79 Å². The molecule has 2 heterocycles. The van der Waals surface area contributed by atoms with Gasteiger partial charge in [0.2, 0.25) is 5.91 Å². The maximum absolute atomic E-state index is 12.5. The molecule has 2 fully saturated rings. The Morgan fingerprint density at radius 2 is 2.04 bits per heavy atom. The number of nitrogens with zero attached hydrogens (tertiary/aromatic N) is 2. The molecule has 0 aromatic heterocycles. The van der Waals surface area contributed by atoms with Crippen LogP contribution in [-0.2, 0) is 14.3 Å². The smallest absolute Gasteiger partial charge is 0.329 e. The molecule has 0 bridgehead atoms. The van der Waals surface area contributed by atoms with Crippen LogP contribution in [0.5, 0.6) is 0 Å². The summed E-state index contributed by atoms with van der Waals surface area (Å²) >= 11 is 0. The van der Waals surface area contributed by atoms with Crippen molar-refractivity contribution >= 4 is 11.9 Å². The second-order valence-corrected chi connectivity index (χ2v) is 8.44. The second kappa shape index (κ2) is 8.49. The summed E-state index contributed by atoms with van der Waals surface area (Å²) in [7, 11) is 1.39. The first-order chi connectivity index (χ1) is 11.8. The van der Waals surface area contributed by atoms with E-state index in [-0.39, 0.29) is 29.9 Å². The molecule has 2 rings (SSSR count). The third-order valence-corrected chi connectivity index (χ3v) is 5.59. The second-order valence-electron chi connectivity index (χ2n) is 8.44. The number of aliphatic hydroxyl groups is 1. The van der Waals surface area contributed by atoms with Crippen molar-refractivity contribution in [2.75, 3.05) is 26.8 Å². The zero-order valence-corrected chi connectivity index (χ0v) is 16.2. The molecule has 0 aromatic rings. The molecular formula is C19H34N2O4. The van der Waals surface area contributed by atoms with Crippen LogP contribution in [0.15, 0.2) is 0 Å². The van der Waals surface area contributed by atoms with Crippen molar-refractivity contribution in [2.24, 2.45) is 5.41 Å². The van der Waals surface area contributed by atoms with E-state index < -0.39 is 6.04 Å². The van der Waals surface area contributed by atoms with Gasteiger partial charge in [0.15, 0.2) is 0 Å². The Morgan fingerprint density at radius 3 is 2.64 bits per heavy atom. The molecule has 2 saturated heterocycles. The lowest BCUT2D eigenvalue weighted by Crippen LogP contribution is -2.53. The van der Waals surface area contributed by atoms with Crippen LogP contribution in [0.1, 0.15) is 59.3 Å². The molecule has 144 valence electrons. The van der Waals surface area contributed by atoms with Crippen molar-refractivity contribution in [3.05, 3.63) is 0 Å². The number of hydrogen-bond donors (Lipinski definition) is 1. The SMILES string of the molecule is COC(=O)C(N1C(=O)CC[C@@H]1CCCN1CCC[C@H]1CO)C(C)(C)C. The molecule has 1 unspecified atom stereocenters. The Hall–Kier alpha value is -1.14. The van der Waals surface area contributed by atoms with Crippen LogP contribution in [0.25, 0.3) is 0 Å². The Balaban J connectivity index is 1.99. The van der Waals surface area contributed by atoms with Gasteiger partial charge >= 0.3 is 5.97 Å². The van der Waals surface area contributed by atoms with E-state index in [9.17, 15) is 14.7 Å². The average molecular weight is 354 g/mol. The molecule has 1 N–H and O–H groups in total. The summed E-state index contributed by atoms with van der Waals surface area (Å²) in [6.45, 7) is 8.16. The zero-order valence-electron chi connectivity index (χ0n) is 16.2. The minimum absolute atomic E-state index is 0.0599. The molecule has 25 heavy (non-hydrogen) atoms. The predicted molar refractivity (Wildman–Crippen MR) is 96.0 cm³/mol. The van der Waals surface area contributed by atoms with Crippen LogP contribution in [0.3, 0.4) is 0 Å². The lowest BCUT2D eigenvalue weighted by atomic mass is 9.85. The Labute approximate surface area is 151 Å². The van der Waals surface area contributed by atoms with Crippen LogP contribution in [0.2, 0.25) is 0 Å². The summed E-state index contributed by atoms with van der Waals surface area (Å²) in [4.78, 5) is 29.0. The van der Waals surface area contributed by atoms with Crippen molar-refractivity contribution in [3.63, 3.8) is 0 Å². The molecule has 2 aliphatic heterocycles. The van der Waals surface area contributed by atoms with Crippen molar-refractivity contribution < 1.29 is 19.4 Å². The zero-order chi connectivity index (χ0) is 18.6. The van der Waals surface area contributed by atoms with Gasteiger partial charge in [0.05, 0.1) is 13.7 Å². The van der Waals surface area contributed by atoms with E-state index in [0.29, 0.717) is 12.5 Å². The van der Waals surface area contributed by atoms with Gasteiger partial charge in [0.25, 0.3) is 0 Å². The van der Waals surface area contributed by atoms with Crippen LogP contribution in [0.4, 0.5) is 0 Å². The number of amides is 1. The highest BCUT2D eigenvalue weighted by molar-refractivity contribution is 5.86. The number of carbonyl (C=O) groups is 2. The summed E-state index contributed by atoms with van der Waals surface area (Å²) < 4.78 is 4.99. The molecule has 0 saturated carbocycles. The van der Waals surface area contributed by atoms with Gasteiger partial charge in [-0.2, -0.15) is 0 Å². The van der Waals surface area contributed by atoms with E-state index in [4.69, 9.17) is 4.74 Å². The topological polar surface area (TPSA) is 70.1 Å². The van der Waals surface area contributed by atoms with Crippen molar-refractivity contribution in [1.29, 1.82) is 0 Å². The Morgan fingerprint density at radius 1 is 1.32 bits per heavy atom. The number of hydrogen-bond acceptors (Lipinski definition) is 5. The highest BCUT2D eigenvalue weighted by atomic mass is 16.5. The standard InChI is InChI=1S/C19H34N2O4/c1-19(2,3)17(18(24)25-4)21-14(9-10-16(21)23)7-5-11-20-12-6-8-15(20)13-22/h14-15,17,22H,5-13H2,1-4H3/t14-,15-,17?/m0/s1. The molecule has 6 heteroatoms. The molecule has 0 aliphatic carbocycles. The minimum atomic E-state index is -0.533. The summed E-state index contributed by atoms with van der Waals surface area (Å²) in [5.74, 6) is -0.266. The highest BCUT2D eigenvalue weighted by Crippen LogP contribution is 2.34. The van der Waals surface area contributed by atoms with Crippen LogP contribution >= 0.6 is 0 Å². The number of methoxy groups -OCH3 is 1. The lowest BCUT2D eigenvalue weighted by molar-refractivity contribution is -0.157. The van der Waals surface area contributed by atoms with E-state index in [2.05, 4.69) is 4.90 Å². The number of rotatable bonds is 7. The van der Waals surface area contributed by atoms with Gasteiger partial charge in [-0.15, -0.1) is 0 Å². The van der Waals surface area contributed by atoms with Crippen LogP contribution in [0, 0.1) is 5.41 Å². The van der Waals surface area contributed by atoms with Gasteiger partial charge in [-0.05, 0) is 50.6 Å². The summed E-state index contributed by atoms with van der Waals surface area (Å²) in [6.07, 6.45) is 5.41. The molecule has 3 atom stereocenters. The first-order valence-electron chi connectivity index (χ1n) is 9.53. The van der Waals surface area contributed by atoms with Gasteiger partial charge in [0.1, 0.15) is 6.04 Å². The molecule has 2 aliphatic rings. The van der Waals surface area contributed by atoms with Gasteiger partial charge < -0.3 is 14.7 Å². The quantitative estimate of drug-likeness (QED) is 0.706. The van der Waals surface area contributed by atoms with Crippen molar-refractivity contribution in [3.8, 4) is 0 Å². The molecule has 6 nitrogen and oxygen atoms in total. The van der Waals surface area contributed by atoms with E-state index in [0.717, 1.165) is 45.2 Å². The minimum Gasteiger partial charge on any atom is -0.467 e. The van der Waals surface area contributed by atoms with Crippen molar-refractivity contribution in [2.45, 2.75) is 77.4 Å². The number of likely N-dealkylation sites (tertiary alicyclic amines) is 2. The Bertz CT molecular complexity index is 475. The first-order valence-corrected chi connectivity index (χ1v) is 9.53. The summed E-state index contributed by atoms with van der Waals surface area (Å²) in [6, 6.07) is -0.140. The van der Waals surface area contributed by atoms with E-state index in [1.807, 2.05) is 20.8 Å². The summed E-state index contributed by atoms with van der Waals surface area (Å²) in [5, 5.41) is 9.43. The fraction of sp³-hybridized carbons (Fsp3) is 0.895. The molecule has 0 spiro atoms. The van der Waals surface area contributed by atoms with E-state index in [1.165, 1.54) is 7.11 Å². The number of carbonyl (C=O) groups excluding carboxylic acids is 2. The lowest BCUT2D eigenvalue weighted by Gasteiger charge is -2.39. The van der Waals surface area contributed by atoms with E-state index >= 15 is 0 Å². The predicted octanol–water partition coefficient (Wildman–Crippen LogP) is 1.80. The number of ether oxygens (including phenoxy) is 1. The fourth-order valence-electron chi connectivity index (χ4n) is 4.32.